The van der Waals surface area contributed by atoms with Crippen molar-refractivity contribution in [2.24, 2.45) is 0 Å². The van der Waals surface area contributed by atoms with Gasteiger partial charge in [0.05, 0.1) is 11.5 Å². The third-order valence-electron chi connectivity index (χ3n) is 2.71. The molecule has 0 atom stereocenters. The fourth-order valence-corrected chi connectivity index (χ4v) is 2.94. The van der Waals surface area contributed by atoms with Crippen LogP contribution in [0.3, 0.4) is 0 Å². The monoisotopic (exact) mass is 283 g/mol. The van der Waals surface area contributed by atoms with Crippen molar-refractivity contribution in [2.45, 2.75) is 25.7 Å². The Morgan fingerprint density at radius 1 is 1.26 bits per heavy atom. The lowest BCUT2D eigenvalue weighted by atomic mass is 10.2. The van der Waals surface area contributed by atoms with Gasteiger partial charge in [0, 0.05) is 13.1 Å². The van der Waals surface area contributed by atoms with Gasteiger partial charge in [0.2, 0.25) is 10.0 Å². The van der Waals surface area contributed by atoms with Crippen LogP contribution < -0.4 is 0 Å². The Morgan fingerprint density at radius 3 is 2.32 bits per heavy atom. The molecule has 5 heteroatoms. The predicted molar refractivity (Wildman–Crippen MR) is 76.5 cm³/mol. The molecule has 0 spiro atoms. The standard InChI is InChI=1S/C14H21NO3S/c1-12(2)8-9-15(10-11-16)19(17,18)14-6-4-13(3)5-7-14/h4-8,16H,9-11H2,1-3H3. The van der Waals surface area contributed by atoms with Crippen LogP contribution in [0.1, 0.15) is 19.4 Å². The highest BCUT2D eigenvalue weighted by atomic mass is 32.2. The summed E-state index contributed by atoms with van der Waals surface area (Å²) in [4.78, 5) is 0.258. The fourth-order valence-electron chi connectivity index (χ4n) is 1.56. The molecule has 0 fully saturated rings. The molecule has 4 nitrogen and oxygen atoms in total. The van der Waals surface area contributed by atoms with E-state index in [0.29, 0.717) is 0 Å². The smallest absolute Gasteiger partial charge is 0.243 e. The van der Waals surface area contributed by atoms with Gasteiger partial charge in [-0.25, -0.2) is 8.42 Å². The fraction of sp³-hybridized carbons (Fsp3) is 0.429. The van der Waals surface area contributed by atoms with E-state index in [2.05, 4.69) is 0 Å². The SMILES string of the molecule is CC(C)=CCN(CCO)S(=O)(=O)c1ccc(C)cc1. The first-order chi connectivity index (χ1) is 8.87. The average Bonchev–Trinajstić information content (AvgIpc) is 2.34. The number of aliphatic hydroxyl groups excluding tert-OH is 1. The summed E-state index contributed by atoms with van der Waals surface area (Å²) in [5, 5.41) is 9.03. The quantitative estimate of drug-likeness (QED) is 0.812. The maximum atomic E-state index is 12.4. The number of allylic oxidation sites excluding steroid dienone is 1. The van der Waals surface area contributed by atoms with Crippen LogP contribution in [0.4, 0.5) is 0 Å². The van der Waals surface area contributed by atoms with Crippen LogP contribution in [-0.4, -0.2) is 37.5 Å². The van der Waals surface area contributed by atoms with Gasteiger partial charge in [0.15, 0.2) is 0 Å². The summed E-state index contributed by atoms with van der Waals surface area (Å²) >= 11 is 0. The molecule has 0 aromatic heterocycles. The second-order valence-electron chi connectivity index (χ2n) is 4.68. The topological polar surface area (TPSA) is 57.6 Å². The summed E-state index contributed by atoms with van der Waals surface area (Å²) in [5.41, 5.74) is 2.05. The van der Waals surface area contributed by atoms with Gasteiger partial charge >= 0.3 is 0 Å². The summed E-state index contributed by atoms with van der Waals surface area (Å²) < 4.78 is 26.1. The van der Waals surface area contributed by atoms with Crippen LogP contribution in [0.5, 0.6) is 0 Å². The van der Waals surface area contributed by atoms with E-state index in [-0.39, 0.29) is 24.6 Å². The number of hydrogen-bond donors (Lipinski definition) is 1. The van der Waals surface area contributed by atoms with Crippen molar-refractivity contribution in [1.82, 2.24) is 4.31 Å². The van der Waals surface area contributed by atoms with Gasteiger partial charge in [-0.1, -0.05) is 29.3 Å². The molecule has 0 unspecified atom stereocenters. The lowest BCUT2D eigenvalue weighted by molar-refractivity contribution is 0.260. The highest BCUT2D eigenvalue weighted by Gasteiger charge is 2.22. The number of rotatable bonds is 6. The second kappa shape index (κ2) is 6.84. The van der Waals surface area contributed by atoms with E-state index in [9.17, 15) is 8.42 Å². The second-order valence-corrected chi connectivity index (χ2v) is 6.62. The minimum atomic E-state index is -3.55. The Hall–Kier alpha value is -1.17. The minimum Gasteiger partial charge on any atom is -0.395 e. The van der Waals surface area contributed by atoms with Gasteiger partial charge in [0.25, 0.3) is 0 Å². The van der Waals surface area contributed by atoms with Crippen LogP contribution in [0, 0.1) is 6.92 Å². The third kappa shape index (κ3) is 4.45. The van der Waals surface area contributed by atoms with Gasteiger partial charge in [-0.3, -0.25) is 0 Å². The molecule has 0 saturated carbocycles. The van der Waals surface area contributed by atoms with Crippen molar-refractivity contribution in [3.8, 4) is 0 Å². The lowest BCUT2D eigenvalue weighted by Crippen LogP contribution is -2.33. The van der Waals surface area contributed by atoms with Gasteiger partial charge in [-0.15, -0.1) is 0 Å². The number of aryl methyl sites for hydroxylation is 1. The molecule has 0 aliphatic carbocycles. The summed E-state index contributed by atoms with van der Waals surface area (Å²) in [6.45, 7) is 5.91. The molecule has 106 valence electrons. The maximum Gasteiger partial charge on any atom is 0.243 e. The van der Waals surface area contributed by atoms with E-state index in [4.69, 9.17) is 5.11 Å². The van der Waals surface area contributed by atoms with E-state index in [1.54, 1.807) is 24.3 Å². The Morgan fingerprint density at radius 2 is 1.84 bits per heavy atom. The van der Waals surface area contributed by atoms with Crippen molar-refractivity contribution >= 4 is 10.0 Å². The van der Waals surface area contributed by atoms with Crippen LogP contribution in [-0.2, 0) is 10.0 Å². The summed E-state index contributed by atoms with van der Waals surface area (Å²) in [7, 11) is -3.55. The summed E-state index contributed by atoms with van der Waals surface area (Å²) in [5.74, 6) is 0. The predicted octanol–water partition coefficient (Wildman–Crippen LogP) is 1.94. The van der Waals surface area contributed by atoms with Crippen LogP contribution in [0.2, 0.25) is 0 Å². The van der Waals surface area contributed by atoms with Gasteiger partial charge < -0.3 is 5.11 Å². The molecule has 1 aromatic carbocycles. The first-order valence-electron chi connectivity index (χ1n) is 6.19. The zero-order chi connectivity index (χ0) is 14.5. The van der Waals surface area contributed by atoms with Gasteiger partial charge in [0.1, 0.15) is 0 Å². The Bertz CT molecular complexity index is 528. The van der Waals surface area contributed by atoms with Crippen molar-refractivity contribution in [1.29, 1.82) is 0 Å². The van der Waals surface area contributed by atoms with Crippen LogP contribution in [0.25, 0.3) is 0 Å². The van der Waals surface area contributed by atoms with Gasteiger partial charge in [-0.2, -0.15) is 4.31 Å². The number of aliphatic hydroxyl groups is 1. The molecular formula is C14H21NO3S. The van der Waals surface area contributed by atoms with Crippen molar-refractivity contribution in [3.63, 3.8) is 0 Å². The molecule has 1 aromatic rings. The van der Waals surface area contributed by atoms with E-state index in [1.807, 2.05) is 26.8 Å². The molecule has 0 bridgehead atoms. The van der Waals surface area contributed by atoms with Crippen molar-refractivity contribution in [3.05, 3.63) is 41.5 Å². The summed E-state index contributed by atoms with van der Waals surface area (Å²) in [6, 6.07) is 6.73. The summed E-state index contributed by atoms with van der Waals surface area (Å²) in [6.07, 6.45) is 1.83. The largest absolute Gasteiger partial charge is 0.395 e. The zero-order valence-electron chi connectivity index (χ0n) is 11.6. The Balaban J connectivity index is 3.05. The number of sulfonamides is 1. The van der Waals surface area contributed by atoms with E-state index in [0.717, 1.165) is 11.1 Å². The molecule has 19 heavy (non-hydrogen) atoms. The molecule has 0 aliphatic heterocycles. The lowest BCUT2D eigenvalue weighted by Gasteiger charge is -2.20. The number of hydrogen-bond acceptors (Lipinski definition) is 3. The first kappa shape index (κ1) is 15.9. The number of nitrogens with zero attached hydrogens (tertiary/aromatic N) is 1. The molecular weight excluding hydrogens is 262 g/mol. The normalized spacial score (nSPS) is 11.6. The minimum absolute atomic E-state index is 0.0972. The Labute approximate surface area is 115 Å². The third-order valence-corrected chi connectivity index (χ3v) is 4.59. The molecule has 0 radical (unpaired) electrons. The Kier molecular flexibility index (Phi) is 5.72. The van der Waals surface area contributed by atoms with Crippen LogP contribution >= 0.6 is 0 Å². The van der Waals surface area contributed by atoms with Crippen molar-refractivity contribution < 1.29 is 13.5 Å². The highest BCUT2D eigenvalue weighted by Crippen LogP contribution is 2.16. The highest BCUT2D eigenvalue weighted by molar-refractivity contribution is 7.89. The van der Waals surface area contributed by atoms with Crippen LogP contribution in [0.15, 0.2) is 40.8 Å². The molecule has 0 amide bonds. The van der Waals surface area contributed by atoms with E-state index in [1.165, 1.54) is 4.31 Å². The molecule has 0 saturated heterocycles. The molecule has 0 heterocycles. The van der Waals surface area contributed by atoms with E-state index >= 15 is 0 Å². The van der Waals surface area contributed by atoms with E-state index < -0.39 is 10.0 Å². The first-order valence-corrected chi connectivity index (χ1v) is 7.63. The average molecular weight is 283 g/mol. The van der Waals surface area contributed by atoms with Crippen molar-refractivity contribution in [2.75, 3.05) is 19.7 Å². The molecule has 1 rings (SSSR count). The maximum absolute atomic E-state index is 12.4. The van der Waals surface area contributed by atoms with Gasteiger partial charge in [-0.05, 0) is 32.9 Å². The molecule has 0 aliphatic rings. The molecule has 1 N–H and O–H groups in total. The number of benzene rings is 1. The zero-order valence-corrected chi connectivity index (χ0v) is 12.4.